The minimum atomic E-state index is 0.0130. The van der Waals surface area contributed by atoms with Gasteiger partial charge in [-0.3, -0.25) is 9.97 Å². The highest BCUT2D eigenvalue weighted by molar-refractivity contribution is 5.62. The van der Waals surface area contributed by atoms with E-state index in [9.17, 15) is 5.11 Å². The molecule has 0 aliphatic rings. The van der Waals surface area contributed by atoms with Crippen LogP contribution in [0, 0.1) is 0 Å². The van der Waals surface area contributed by atoms with Crippen molar-refractivity contribution in [2.45, 2.75) is 0 Å². The lowest BCUT2D eigenvalue weighted by Crippen LogP contribution is -2.13. The molecule has 0 aliphatic heterocycles. The molecule has 0 unspecified atom stereocenters. The molecule has 0 fully saturated rings. The van der Waals surface area contributed by atoms with Crippen LogP contribution in [0.4, 0.5) is 0 Å². The fourth-order valence-electron chi connectivity index (χ4n) is 3.87. The Morgan fingerprint density at radius 2 is 0.889 bits per heavy atom. The van der Waals surface area contributed by atoms with Crippen molar-refractivity contribution in [3.05, 3.63) is 79.1 Å². The largest absolute Gasteiger partial charge is 0.506 e. The highest BCUT2D eigenvalue weighted by atomic mass is 16.6. The second-order valence-corrected chi connectivity index (χ2v) is 9.38. The van der Waals surface area contributed by atoms with E-state index in [0.29, 0.717) is 101 Å². The lowest BCUT2D eigenvalue weighted by molar-refractivity contribution is 0.0247. The number of hydrogen-bond donors (Lipinski definition) is 2. The van der Waals surface area contributed by atoms with Gasteiger partial charge in [-0.1, -0.05) is 6.07 Å². The van der Waals surface area contributed by atoms with E-state index in [0.717, 1.165) is 11.5 Å². The number of aliphatic hydroxyl groups excluding tert-OH is 1. The molecule has 1 aromatic carbocycles. The van der Waals surface area contributed by atoms with Gasteiger partial charge in [0.2, 0.25) is 0 Å². The van der Waals surface area contributed by atoms with Crippen LogP contribution in [-0.4, -0.2) is 104 Å². The molecule has 12 nitrogen and oxygen atoms in total. The van der Waals surface area contributed by atoms with E-state index in [1.54, 1.807) is 18.3 Å². The molecule has 240 valence electrons. The zero-order chi connectivity index (χ0) is 31.4. The van der Waals surface area contributed by atoms with Gasteiger partial charge in [0.05, 0.1) is 94.6 Å². The third-order valence-corrected chi connectivity index (χ3v) is 6.05. The molecule has 0 saturated heterocycles. The summed E-state index contributed by atoms with van der Waals surface area (Å²) in [6, 6.07) is 20.0. The van der Waals surface area contributed by atoms with Crippen LogP contribution in [-0.2, 0) is 18.9 Å². The van der Waals surface area contributed by atoms with Gasteiger partial charge >= 0.3 is 0 Å². The van der Waals surface area contributed by atoms with Crippen molar-refractivity contribution in [3.8, 4) is 45.8 Å². The van der Waals surface area contributed by atoms with E-state index in [1.165, 1.54) is 6.20 Å². The number of nitrogens with zero attached hydrogens (tertiary/aromatic N) is 3. The quantitative estimate of drug-likeness (QED) is 0.123. The molecule has 12 heteroatoms. The highest BCUT2D eigenvalue weighted by Gasteiger charge is 2.07. The summed E-state index contributed by atoms with van der Waals surface area (Å²) < 4.78 is 38.7. The van der Waals surface area contributed by atoms with Crippen molar-refractivity contribution in [1.29, 1.82) is 0 Å². The summed E-state index contributed by atoms with van der Waals surface area (Å²) in [5, 5.41) is 18.1. The Morgan fingerprint density at radius 1 is 0.444 bits per heavy atom. The van der Waals surface area contributed by atoms with Crippen LogP contribution in [0.2, 0.25) is 0 Å². The zero-order valence-corrected chi connectivity index (χ0v) is 25.1. The molecule has 0 atom stereocenters. The standard InChI is InChI=1S/C33H39N3O9/c37-12-13-39-14-15-40-18-21-43-27-5-7-28(8-6-27)44-22-19-41-16-17-42-20-23-45-29-9-11-31(35-25-29)33-3-1-2-32(36-33)30-10-4-26(38)24-34-30/h1-11,24-25,37-38H,12-23H2. The summed E-state index contributed by atoms with van der Waals surface area (Å²) in [5.74, 6) is 2.21. The Kier molecular flexibility index (Phi) is 14.8. The third kappa shape index (κ3) is 12.7. The van der Waals surface area contributed by atoms with Gasteiger partial charge in [0, 0.05) is 0 Å². The minimum Gasteiger partial charge on any atom is -0.506 e. The van der Waals surface area contributed by atoms with Crippen molar-refractivity contribution in [1.82, 2.24) is 15.0 Å². The minimum absolute atomic E-state index is 0.0130. The first kappa shape index (κ1) is 33.6. The van der Waals surface area contributed by atoms with Gasteiger partial charge in [-0.15, -0.1) is 0 Å². The van der Waals surface area contributed by atoms with Gasteiger partial charge in [-0.05, 0) is 60.7 Å². The SMILES string of the molecule is OCCOCCOCCOc1ccc(OCCOCCOCCOc2ccc(-c3cccc(-c4ccc(O)cn4)n3)nc2)cc1. The summed E-state index contributed by atoms with van der Waals surface area (Å²) >= 11 is 0. The lowest BCUT2D eigenvalue weighted by atomic mass is 10.2. The summed E-state index contributed by atoms with van der Waals surface area (Å²) in [6.07, 6.45) is 3.05. The Balaban J connectivity index is 1.00. The Hall–Kier alpha value is -4.33. The number of ether oxygens (including phenoxy) is 7. The molecule has 0 bridgehead atoms. The Morgan fingerprint density at radius 3 is 1.36 bits per heavy atom. The van der Waals surface area contributed by atoms with Crippen LogP contribution in [0.25, 0.3) is 22.8 Å². The van der Waals surface area contributed by atoms with Crippen LogP contribution in [0.5, 0.6) is 23.0 Å². The molecular weight excluding hydrogens is 582 g/mol. The fraction of sp³-hybridized carbons (Fsp3) is 0.364. The number of pyridine rings is 3. The molecule has 0 radical (unpaired) electrons. The molecule has 3 aromatic heterocycles. The normalized spacial score (nSPS) is 11.0. The Labute approximate surface area is 262 Å². The number of hydrogen-bond acceptors (Lipinski definition) is 12. The molecule has 0 amide bonds. The monoisotopic (exact) mass is 621 g/mol. The summed E-state index contributed by atoms with van der Waals surface area (Å²) in [7, 11) is 0. The van der Waals surface area contributed by atoms with Gasteiger partial charge in [0.15, 0.2) is 0 Å². The average Bonchev–Trinajstić information content (AvgIpc) is 3.08. The smallest absolute Gasteiger partial charge is 0.137 e. The maximum absolute atomic E-state index is 9.45. The third-order valence-electron chi connectivity index (χ3n) is 6.05. The van der Waals surface area contributed by atoms with Crippen LogP contribution in [0.1, 0.15) is 0 Å². The van der Waals surface area contributed by atoms with E-state index < -0.39 is 0 Å². The number of aromatic nitrogens is 3. The molecule has 3 heterocycles. The first-order valence-corrected chi connectivity index (χ1v) is 14.7. The van der Waals surface area contributed by atoms with Crippen molar-refractivity contribution in [2.75, 3.05) is 79.3 Å². The lowest BCUT2D eigenvalue weighted by Gasteiger charge is -2.10. The highest BCUT2D eigenvalue weighted by Crippen LogP contribution is 2.22. The fourth-order valence-corrected chi connectivity index (χ4v) is 3.87. The van der Waals surface area contributed by atoms with Crippen LogP contribution in [0.15, 0.2) is 79.1 Å². The Bertz CT molecular complexity index is 1360. The van der Waals surface area contributed by atoms with Gasteiger partial charge in [0.1, 0.15) is 42.8 Å². The summed E-state index contributed by atoms with van der Waals surface area (Å²) in [6.45, 7) is 4.71. The second-order valence-electron chi connectivity index (χ2n) is 9.38. The maximum Gasteiger partial charge on any atom is 0.137 e. The molecule has 4 aromatic rings. The van der Waals surface area contributed by atoms with E-state index in [-0.39, 0.29) is 12.4 Å². The number of aromatic hydroxyl groups is 1. The number of rotatable bonds is 22. The molecule has 0 saturated carbocycles. The van der Waals surface area contributed by atoms with Crippen LogP contribution < -0.4 is 14.2 Å². The van der Waals surface area contributed by atoms with Crippen LogP contribution >= 0.6 is 0 Å². The van der Waals surface area contributed by atoms with Gasteiger partial charge < -0.3 is 43.4 Å². The van der Waals surface area contributed by atoms with E-state index >= 15 is 0 Å². The van der Waals surface area contributed by atoms with E-state index in [1.807, 2.05) is 54.6 Å². The first-order chi connectivity index (χ1) is 22.2. The summed E-state index contributed by atoms with van der Waals surface area (Å²) in [4.78, 5) is 13.3. The number of aliphatic hydroxyl groups is 1. The van der Waals surface area contributed by atoms with E-state index in [2.05, 4.69) is 15.0 Å². The van der Waals surface area contributed by atoms with Gasteiger partial charge in [0.25, 0.3) is 0 Å². The molecule has 4 rings (SSSR count). The predicted octanol–water partition coefficient (Wildman–Crippen LogP) is 3.81. The predicted molar refractivity (Wildman–Crippen MR) is 166 cm³/mol. The molecule has 0 aliphatic carbocycles. The van der Waals surface area contributed by atoms with Crippen molar-refractivity contribution in [3.63, 3.8) is 0 Å². The first-order valence-electron chi connectivity index (χ1n) is 14.7. The van der Waals surface area contributed by atoms with Crippen molar-refractivity contribution >= 4 is 0 Å². The molecule has 2 N–H and O–H groups in total. The van der Waals surface area contributed by atoms with Gasteiger partial charge in [-0.25, -0.2) is 4.98 Å². The van der Waals surface area contributed by atoms with Crippen molar-refractivity contribution in [2.24, 2.45) is 0 Å². The molecule has 0 spiro atoms. The summed E-state index contributed by atoms with van der Waals surface area (Å²) in [5.41, 5.74) is 2.78. The average molecular weight is 622 g/mol. The number of benzene rings is 1. The zero-order valence-electron chi connectivity index (χ0n) is 25.1. The maximum atomic E-state index is 9.45. The van der Waals surface area contributed by atoms with Crippen LogP contribution in [0.3, 0.4) is 0 Å². The van der Waals surface area contributed by atoms with E-state index in [4.69, 9.17) is 38.3 Å². The topological polar surface area (TPSA) is 144 Å². The van der Waals surface area contributed by atoms with Gasteiger partial charge in [-0.2, -0.15) is 0 Å². The molecular formula is C33H39N3O9. The second kappa shape index (κ2) is 19.8. The molecule has 45 heavy (non-hydrogen) atoms. The van der Waals surface area contributed by atoms with Crippen molar-refractivity contribution < 1.29 is 43.4 Å².